The van der Waals surface area contributed by atoms with Crippen LogP contribution in [0.2, 0.25) is 5.02 Å². The lowest BCUT2D eigenvalue weighted by Gasteiger charge is -2.04. The molecule has 0 fully saturated rings. The number of rotatable bonds is 2. The zero-order valence-corrected chi connectivity index (χ0v) is 10.4. The molecule has 0 saturated heterocycles. The second-order valence-corrected chi connectivity index (χ2v) is 4.20. The quantitative estimate of drug-likeness (QED) is 0.718. The van der Waals surface area contributed by atoms with Gasteiger partial charge in [-0.05, 0) is 36.4 Å². The van der Waals surface area contributed by atoms with Gasteiger partial charge in [-0.25, -0.2) is 4.68 Å². The third-order valence-corrected chi connectivity index (χ3v) is 2.85. The van der Waals surface area contributed by atoms with Gasteiger partial charge in [0.1, 0.15) is 11.8 Å². The van der Waals surface area contributed by atoms with E-state index < -0.39 is 0 Å². The fraction of sp³-hybridized carbons (Fsp3) is 0. The molecule has 0 atom stereocenters. The molecule has 2 heterocycles. The fourth-order valence-electron chi connectivity index (χ4n) is 1.75. The van der Waals surface area contributed by atoms with Crippen LogP contribution >= 0.6 is 11.6 Å². The zero-order valence-electron chi connectivity index (χ0n) is 9.62. The van der Waals surface area contributed by atoms with E-state index >= 15 is 0 Å². The van der Waals surface area contributed by atoms with Gasteiger partial charge in [-0.15, -0.1) is 5.10 Å². The number of hydrogen-bond donors (Lipinski definition) is 0. The lowest BCUT2D eigenvalue weighted by molar-refractivity contribution is 0.576. The van der Waals surface area contributed by atoms with Crippen LogP contribution in [0.4, 0.5) is 0 Å². The summed E-state index contributed by atoms with van der Waals surface area (Å²) in [5.74, 6) is 0.538. The van der Waals surface area contributed by atoms with Crippen LogP contribution in [0.15, 0.2) is 47.1 Å². The topological polar surface area (TPSA) is 67.6 Å². The van der Waals surface area contributed by atoms with E-state index in [0.29, 0.717) is 16.5 Å². The van der Waals surface area contributed by atoms with Crippen LogP contribution in [0.25, 0.3) is 17.1 Å². The van der Waals surface area contributed by atoms with Crippen molar-refractivity contribution in [2.45, 2.75) is 0 Å². The summed E-state index contributed by atoms with van der Waals surface area (Å²) >= 11 is 5.85. The lowest BCUT2D eigenvalue weighted by Crippen LogP contribution is -1.98. The maximum Gasteiger partial charge on any atom is 0.194 e. The highest BCUT2D eigenvalue weighted by molar-refractivity contribution is 6.30. The monoisotopic (exact) mass is 270 g/mol. The number of halogens is 1. The molecule has 3 aromatic rings. The maximum atomic E-state index is 9.09. The summed E-state index contributed by atoms with van der Waals surface area (Å²) in [7, 11) is 0. The summed E-state index contributed by atoms with van der Waals surface area (Å²) in [5.41, 5.74) is 1.49. The maximum absolute atomic E-state index is 9.09. The molecule has 0 radical (unpaired) electrons. The SMILES string of the molecule is N#Cc1nnn(-c2ccc(Cl)cc2)c1-c1ccco1. The van der Waals surface area contributed by atoms with Gasteiger partial charge in [0, 0.05) is 5.02 Å². The Balaban J connectivity index is 2.20. The molecule has 0 aliphatic heterocycles. The summed E-state index contributed by atoms with van der Waals surface area (Å²) < 4.78 is 6.88. The van der Waals surface area contributed by atoms with E-state index in [1.807, 2.05) is 6.07 Å². The van der Waals surface area contributed by atoms with Gasteiger partial charge in [0.05, 0.1) is 12.0 Å². The number of hydrogen-bond acceptors (Lipinski definition) is 4. The van der Waals surface area contributed by atoms with Crippen LogP contribution in [0.5, 0.6) is 0 Å². The Bertz CT molecular complexity index is 738. The second-order valence-electron chi connectivity index (χ2n) is 3.76. The fourth-order valence-corrected chi connectivity index (χ4v) is 1.88. The molecule has 92 valence electrons. The molecule has 0 bridgehead atoms. The van der Waals surface area contributed by atoms with E-state index in [1.54, 1.807) is 41.1 Å². The van der Waals surface area contributed by atoms with E-state index in [4.69, 9.17) is 21.3 Å². The highest BCUT2D eigenvalue weighted by Gasteiger charge is 2.18. The Hall–Kier alpha value is -2.58. The molecule has 0 aliphatic rings. The molecule has 0 N–H and O–H groups in total. The van der Waals surface area contributed by atoms with Crippen LogP contribution in [0.3, 0.4) is 0 Å². The van der Waals surface area contributed by atoms with Crippen molar-refractivity contribution in [2.75, 3.05) is 0 Å². The van der Waals surface area contributed by atoms with Gasteiger partial charge >= 0.3 is 0 Å². The highest BCUT2D eigenvalue weighted by Crippen LogP contribution is 2.25. The Morgan fingerprint density at radius 3 is 2.63 bits per heavy atom. The number of benzene rings is 1. The van der Waals surface area contributed by atoms with Crippen molar-refractivity contribution < 1.29 is 4.42 Å². The van der Waals surface area contributed by atoms with Gasteiger partial charge < -0.3 is 4.42 Å². The molecule has 0 amide bonds. The zero-order chi connectivity index (χ0) is 13.2. The Kier molecular flexibility index (Phi) is 2.78. The number of furan rings is 1. The highest BCUT2D eigenvalue weighted by atomic mass is 35.5. The molecule has 0 aliphatic carbocycles. The van der Waals surface area contributed by atoms with Gasteiger partial charge in [0.25, 0.3) is 0 Å². The van der Waals surface area contributed by atoms with Gasteiger partial charge in [-0.3, -0.25) is 0 Å². The number of nitriles is 1. The Labute approximate surface area is 113 Å². The Morgan fingerprint density at radius 1 is 1.21 bits per heavy atom. The third kappa shape index (κ3) is 1.98. The smallest absolute Gasteiger partial charge is 0.194 e. The van der Waals surface area contributed by atoms with Gasteiger partial charge in [-0.2, -0.15) is 5.26 Å². The third-order valence-electron chi connectivity index (χ3n) is 2.60. The first-order valence-electron chi connectivity index (χ1n) is 5.45. The average Bonchev–Trinajstić information content (AvgIpc) is 3.07. The summed E-state index contributed by atoms with van der Waals surface area (Å²) in [4.78, 5) is 0. The van der Waals surface area contributed by atoms with Gasteiger partial charge in [0.15, 0.2) is 11.5 Å². The van der Waals surface area contributed by atoms with Crippen molar-refractivity contribution in [1.29, 1.82) is 5.26 Å². The van der Waals surface area contributed by atoms with Crippen LogP contribution in [0, 0.1) is 11.3 Å². The molecule has 0 spiro atoms. The largest absolute Gasteiger partial charge is 0.463 e. The molecule has 2 aromatic heterocycles. The van der Waals surface area contributed by atoms with Gasteiger partial charge in [0.2, 0.25) is 0 Å². The lowest BCUT2D eigenvalue weighted by atomic mass is 10.2. The van der Waals surface area contributed by atoms with Gasteiger partial charge in [-0.1, -0.05) is 16.8 Å². The predicted molar refractivity (Wildman–Crippen MR) is 68.8 cm³/mol. The molecule has 0 unspecified atom stereocenters. The van der Waals surface area contributed by atoms with Crippen LogP contribution < -0.4 is 0 Å². The van der Waals surface area contributed by atoms with Crippen molar-refractivity contribution >= 4 is 11.6 Å². The van der Waals surface area contributed by atoms with Crippen molar-refractivity contribution in [2.24, 2.45) is 0 Å². The van der Waals surface area contributed by atoms with Crippen molar-refractivity contribution in [3.63, 3.8) is 0 Å². The van der Waals surface area contributed by atoms with E-state index in [-0.39, 0.29) is 5.69 Å². The number of nitrogens with zero attached hydrogens (tertiary/aromatic N) is 4. The first-order valence-corrected chi connectivity index (χ1v) is 5.83. The second kappa shape index (κ2) is 4.59. The van der Waals surface area contributed by atoms with Crippen LogP contribution in [0.1, 0.15) is 5.69 Å². The molecule has 6 heteroatoms. The first kappa shape index (κ1) is 11.5. The summed E-state index contributed by atoms with van der Waals surface area (Å²) in [5, 5.41) is 17.6. The minimum absolute atomic E-state index is 0.213. The summed E-state index contributed by atoms with van der Waals surface area (Å²) in [6.07, 6.45) is 1.54. The molecule has 19 heavy (non-hydrogen) atoms. The minimum atomic E-state index is 0.213. The number of aromatic nitrogens is 3. The predicted octanol–water partition coefficient (Wildman–Crippen LogP) is 3.05. The molecular formula is C13H7ClN4O. The molecule has 1 aromatic carbocycles. The molecule has 0 saturated carbocycles. The molecular weight excluding hydrogens is 264 g/mol. The molecule has 3 rings (SSSR count). The van der Waals surface area contributed by atoms with Crippen molar-refractivity contribution in [1.82, 2.24) is 15.0 Å². The van der Waals surface area contributed by atoms with Crippen LogP contribution in [-0.2, 0) is 0 Å². The average molecular weight is 271 g/mol. The normalized spacial score (nSPS) is 10.3. The van der Waals surface area contributed by atoms with Crippen LogP contribution in [-0.4, -0.2) is 15.0 Å². The van der Waals surface area contributed by atoms with Crippen molar-refractivity contribution in [3.8, 4) is 23.2 Å². The Morgan fingerprint density at radius 2 is 2.00 bits per heavy atom. The van der Waals surface area contributed by atoms with Crippen molar-refractivity contribution in [3.05, 3.63) is 53.4 Å². The summed E-state index contributed by atoms with van der Waals surface area (Å²) in [6.45, 7) is 0. The van der Waals surface area contributed by atoms with E-state index in [0.717, 1.165) is 5.69 Å². The first-order chi connectivity index (χ1) is 9.29. The minimum Gasteiger partial charge on any atom is -0.463 e. The molecule has 5 nitrogen and oxygen atoms in total. The van der Waals surface area contributed by atoms with E-state index in [2.05, 4.69) is 10.3 Å². The van der Waals surface area contributed by atoms with E-state index in [9.17, 15) is 0 Å². The standard InChI is InChI=1S/C13H7ClN4O/c14-9-3-5-10(6-4-9)18-13(11(8-15)16-17-18)12-2-1-7-19-12/h1-7H. The summed E-state index contributed by atoms with van der Waals surface area (Å²) in [6, 6.07) is 12.6. The van der Waals surface area contributed by atoms with E-state index in [1.165, 1.54) is 6.26 Å².